The van der Waals surface area contributed by atoms with Crippen LogP contribution in [0.1, 0.15) is 96.4 Å². The molecule has 0 unspecified atom stereocenters. The fraction of sp³-hybridized carbons (Fsp3) is 0.523. The molecule has 9 atom stereocenters. The monoisotopic (exact) mass is 834 g/mol. The average Bonchev–Trinajstić information content (AvgIpc) is 3.39. The number of esters is 6. The number of hydrogen-bond donors (Lipinski definition) is 0. The molecule has 1 fully saturated rings. The van der Waals surface area contributed by atoms with Gasteiger partial charge in [-0.25, -0.2) is 9.59 Å². The lowest BCUT2D eigenvalue weighted by molar-refractivity contribution is -0.190. The highest BCUT2D eigenvalue weighted by Gasteiger charge is 2.72. The van der Waals surface area contributed by atoms with Gasteiger partial charge >= 0.3 is 35.8 Å². The highest BCUT2D eigenvalue weighted by Crippen LogP contribution is 2.54. The fourth-order valence-corrected chi connectivity index (χ4v) is 7.83. The lowest BCUT2D eigenvalue weighted by Gasteiger charge is -2.45. The van der Waals surface area contributed by atoms with E-state index in [1.165, 1.54) is 69.0 Å². The van der Waals surface area contributed by atoms with Crippen LogP contribution in [0.3, 0.4) is 0 Å². The zero-order valence-electron chi connectivity index (χ0n) is 35.6. The molecule has 0 radical (unpaired) electrons. The molecule has 2 aromatic heterocycles. The maximum Gasteiger partial charge on any atom is 0.340 e. The van der Waals surface area contributed by atoms with Gasteiger partial charge in [0.2, 0.25) is 0 Å². The Balaban J connectivity index is 2.12. The Labute approximate surface area is 349 Å². The van der Waals surface area contributed by atoms with Crippen LogP contribution in [0.2, 0.25) is 0 Å². The van der Waals surface area contributed by atoms with Crippen molar-refractivity contribution in [2.24, 2.45) is 23.2 Å². The number of carbonyl (C=O) groups excluding carboxylic acids is 7. The summed E-state index contributed by atoms with van der Waals surface area (Å²) in [7, 11) is 0. The Morgan fingerprint density at radius 3 is 1.83 bits per heavy atom. The highest BCUT2D eigenvalue weighted by molar-refractivity contribution is 5.94. The van der Waals surface area contributed by atoms with Gasteiger partial charge in [-0.2, -0.15) is 0 Å². The molecule has 16 nitrogen and oxygen atoms in total. The molecule has 1 saturated carbocycles. The van der Waals surface area contributed by atoms with Crippen molar-refractivity contribution in [2.75, 3.05) is 6.61 Å². The van der Waals surface area contributed by atoms with E-state index in [9.17, 15) is 28.8 Å². The van der Waals surface area contributed by atoms with Crippen molar-refractivity contribution in [1.29, 1.82) is 0 Å². The largest absolute Gasteiger partial charge is 0.458 e. The molecule has 16 heteroatoms. The molecular weight excluding hydrogens is 780 g/mol. The first-order valence-electron chi connectivity index (χ1n) is 19.5. The van der Waals surface area contributed by atoms with E-state index in [1.807, 2.05) is 13.8 Å². The standard InChI is InChI=1S/C44H54N2O14/c1-24(2)22-54-35-26(4)34(55-27(5)47)33-38(57-29(7)49)43(11,60-41(53)32-15-13-19-46-21-32)23-44(33,59-30(8)50)37(51)25(3)16-17-42(9,10)39(36(35)56-28(6)48)58-40(52)31-14-12-18-45-20-31/h12-21,24-25,33-36,38-39H,4,22-23H2,1-3,5-11H3/b17-16+/t25-,33-,34-,35-,36+,38+,39+,43+,44+/m0/s1. The highest BCUT2D eigenvalue weighted by atomic mass is 16.6. The first-order valence-corrected chi connectivity index (χ1v) is 19.5. The number of allylic oxidation sites excluding steroid dienone is 1. The SMILES string of the molecule is C=C1[C@H](OCC(C)C)[C@@H](OC(C)=O)[C@@H](OC(=O)c2cccnc2)C(C)(C)/C=C/[C@H](C)C(=O)[C@@]2(OC(C)=O)C[C@@](C)(OC(=O)c3cccnc3)[C@H](OC(C)=O)[C@@H]2[C@H]1OC(C)=O. The molecule has 2 aliphatic rings. The third kappa shape index (κ3) is 10.7. The molecule has 0 bridgehead atoms. The van der Waals surface area contributed by atoms with E-state index in [-0.39, 0.29) is 29.2 Å². The molecule has 2 aromatic rings. The molecule has 4 rings (SSSR count). The van der Waals surface area contributed by atoms with Crippen molar-refractivity contribution in [2.45, 2.75) is 117 Å². The molecule has 0 saturated heterocycles. The van der Waals surface area contributed by atoms with Gasteiger partial charge in [0.25, 0.3) is 0 Å². The van der Waals surface area contributed by atoms with Crippen LogP contribution in [0.15, 0.2) is 73.4 Å². The van der Waals surface area contributed by atoms with Crippen LogP contribution < -0.4 is 0 Å². The van der Waals surface area contributed by atoms with Gasteiger partial charge in [-0.05, 0) is 42.7 Å². The van der Waals surface area contributed by atoms with Crippen molar-refractivity contribution in [3.63, 3.8) is 0 Å². The first-order chi connectivity index (χ1) is 28.0. The van der Waals surface area contributed by atoms with Gasteiger partial charge in [0.1, 0.15) is 12.2 Å². The van der Waals surface area contributed by atoms with Crippen molar-refractivity contribution >= 4 is 41.6 Å². The molecule has 0 amide bonds. The molecule has 0 aliphatic heterocycles. The van der Waals surface area contributed by atoms with Gasteiger partial charge in [0.15, 0.2) is 35.3 Å². The van der Waals surface area contributed by atoms with Crippen LogP contribution >= 0.6 is 0 Å². The van der Waals surface area contributed by atoms with Crippen LogP contribution in [-0.2, 0) is 57.1 Å². The van der Waals surface area contributed by atoms with E-state index in [0.717, 1.165) is 27.7 Å². The fourth-order valence-electron chi connectivity index (χ4n) is 7.83. The van der Waals surface area contributed by atoms with Gasteiger partial charge < -0.3 is 33.2 Å². The number of nitrogens with zero attached hydrogens (tertiary/aromatic N) is 2. The lowest BCUT2D eigenvalue weighted by Crippen LogP contribution is -2.59. The quantitative estimate of drug-likeness (QED) is 0.163. The first kappa shape index (κ1) is 46.9. The van der Waals surface area contributed by atoms with Crippen LogP contribution in [-0.4, -0.2) is 99.9 Å². The number of hydrogen-bond acceptors (Lipinski definition) is 16. The van der Waals surface area contributed by atoms with E-state index in [4.69, 9.17) is 33.2 Å². The van der Waals surface area contributed by atoms with Crippen molar-refractivity contribution in [3.05, 3.63) is 84.5 Å². The number of ether oxygens (including phenoxy) is 7. The molecule has 0 spiro atoms. The summed E-state index contributed by atoms with van der Waals surface area (Å²) in [6.45, 7) is 18.7. The summed E-state index contributed by atoms with van der Waals surface area (Å²) >= 11 is 0. The van der Waals surface area contributed by atoms with Gasteiger partial charge in [0, 0.05) is 76.8 Å². The number of ketones is 1. The summed E-state index contributed by atoms with van der Waals surface area (Å²) in [6.07, 6.45) is 0.0653. The van der Waals surface area contributed by atoms with Gasteiger partial charge in [-0.15, -0.1) is 0 Å². The van der Waals surface area contributed by atoms with Crippen molar-refractivity contribution in [1.82, 2.24) is 9.97 Å². The van der Waals surface area contributed by atoms with Crippen LogP contribution in [0.25, 0.3) is 0 Å². The second kappa shape index (κ2) is 19.1. The van der Waals surface area contributed by atoms with E-state index in [1.54, 1.807) is 19.9 Å². The number of pyridine rings is 2. The Hall–Kier alpha value is -5.77. The second-order valence-electron chi connectivity index (χ2n) is 16.4. The summed E-state index contributed by atoms with van der Waals surface area (Å²) in [5.74, 6) is -9.06. The molecule has 60 heavy (non-hydrogen) atoms. The minimum atomic E-state index is -2.36. The molecule has 0 N–H and O–H groups in total. The second-order valence-corrected chi connectivity index (χ2v) is 16.4. The smallest absolute Gasteiger partial charge is 0.340 e. The molecule has 324 valence electrons. The number of aromatic nitrogens is 2. The van der Waals surface area contributed by atoms with Crippen LogP contribution in [0.4, 0.5) is 0 Å². The maximum atomic E-state index is 15.3. The summed E-state index contributed by atoms with van der Waals surface area (Å²) in [4.78, 5) is 104. The van der Waals surface area contributed by atoms with E-state index in [0.29, 0.717) is 0 Å². The normalized spacial score (nSPS) is 29.4. The number of rotatable bonds is 11. The topological polar surface area (TPSA) is 210 Å². The Kier molecular flexibility index (Phi) is 14.9. The predicted molar refractivity (Wildman–Crippen MR) is 212 cm³/mol. The van der Waals surface area contributed by atoms with E-state index < -0.39 is 107 Å². The lowest BCUT2D eigenvalue weighted by atomic mass is 9.72. The maximum absolute atomic E-state index is 15.3. The van der Waals surface area contributed by atoms with Crippen LogP contribution in [0.5, 0.6) is 0 Å². The number of fused-ring (bicyclic) bond motifs is 1. The Morgan fingerprint density at radius 1 is 0.767 bits per heavy atom. The van der Waals surface area contributed by atoms with Gasteiger partial charge in [0.05, 0.1) is 17.0 Å². The zero-order valence-corrected chi connectivity index (χ0v) is 35.6. The molecule has 0 aromatic carbocycles. The summed E-state index contributed by atoms with van der Waals surface area (Å²) in [5.41, 5.74) is -5.69. The summed E-state index contributed by atoms with van der Waals surface area (Å²) in [5, 5.41) is 0. The van der Waals surface area contributed by atoms with Gasteiger partial charge in [-0.3, -0.25) is 33.9 Å². The average molecular weight is 835 g/mol. The molecular formula is C44H54N2O14. The number of carbonyl (C=O) groups is 7. The number of Topliss-reactive ketones (excluding diaryl/α,β-unsaturated/α-hetero) is 1. The third-order valence-corrected chi connectivity index (χ3v) is 10.3. The van der Waals surface area contributed by atoms with Crippen molar-refractivity contribution in [3.8, 4) is 0 Å². The third-order valence-electron chi connectivity index (χ3n) is 10.3. The zero-order chi connectivity index (χ0) is 44.7. The minimum Gasteiger partial charge on any atom is -0.458 e. The molecule has 2 heterocycles. The van der Waals surface area contributed by atoms with E-state index in [2.05, 4.69) is 16.5 Å². The predicted octanol–water partition coefficient (Wildman–Crippen LogP) is 5.13. The Morgan fingerprint density at radius 2 is 1.33 bits per heavy atom. The van der Waals surface area contributed by atoms with Crippen LogP contribution in [0, 0.1) is 23.2 Å². The summed E-state index contributed by atoms with van der Waals surface area (Å²) in [6, 6.07) is 5.97. The summed E-state index contributed by atoms with van der Waals surface area (Å²) < 4.78 is 43.0. The van der Waals surface area contributed by atoms with Crippen molar-refractivity contribution < 1.29 is 66.7 Å². The van der Waals surface area contributed by atoms with Gasteiger partial charge in [-0.1, -0.05) is 53.3 Å². The molecule has 2 aliphatic carbocycles. The van der Waals surface area contributed by atoms with E-state index >= 15 is 4.79 Å². The Bertz CT molecular complexity index is 1980. The minimum absolute atomic E-state index is 0.0109.